The number of halogens is 4. The van der Waals surface area contributed by atoms with Crippen molar-refractivity contribution in [1.29, 1.82) is 0 Å². The van der Waals surface area contributed by atoms with Crippen molar-refractivity contribution in [3.63, 3.8) is 0 Å². The number of nitrogens with zero attached hydrogens (tertiary/aromatic N) is 3. The monoisotopic (exact) mass is 313 g/mol. The smallest absolute Gasteiger partial charge is 0.266 e. The first-order chi connectivity index (χ1) is 7.30. The summed E-state index contributed by atoms with van der Waals surface area (Å²) in [6.45, 7) is 1.58. The minimum Gasteiger partial charge on any atom is -0.266 e. The lowest BCUT2D eigenvalue weighted by atomic mass is 10.4. The largest absolute Gasteiger partial charge is 0.434 e. The molecular formula is C7H3BrF3N3OS. The van der Waals surface area contributed by atoms with E-state index in [-0.39, 0.29) is 4.96 Å². The van der Waals surface area contributed by atoms with E-state index in [0.717, 1.165) is 15.9 Å². The second-order valence-corrected chi connectivity index (χ2v) is 4.85. The van der Waals surface area contributed by atoms with Crippen LogP contribution in [0.15, 0.2) is 9.27 Å². The predicted molar refractivity (Wildman–Crippen MR) is 54.6 cm³/mol. The first-order valence-electron chi connectivity index (χ1n) is 3.94. The van der Waals surface area contributed by atoms with Crippen molar-refractivity contribution < 1.29 is 13.2 Å². The Kier molecular flexibility index (Phi) is 2.54. The Bertz CT molecular complexity index is 618. The van der Waals surface area contributed by atoms with Gasteiger partial charge in [-0.05, 0) is 22.9 Å². The molecule has 0 radical (unpaired) electrons. The van der Waals surface area contributed by atoms with Crippen molar-refractivity contribution in [2.75, 3.05) is 0 Å². The number of aromatic nitrogens is 3. The third-order valence-electron chi connectivity index (χ3n) is 1.73. The zero-order chi connectivity index (χ0) is 12.1. The number of alkyl halides is 3. The number of fused-ring (bicyclic) bond motifs is 1. The number of hydrogen-bond donors (Lipinski definition) is 0. The van der Waals surface area contributed by atoms with Gasteiger partial charge in [-0.25, -0.2) is 4.98 Å². The normalized spacial score (nSPS) is 12.3. The van der Waals surface area contributed by atoms with Gasteiger partial charge in [-0.2, -0.15) is 22.8 Å². The van der Waals surface area contributed by atoms with Gasteiger partial charge in [0.05, 0.1) is 0 Å². The lowest BCUT2D eigenvalue weighted by Crippen LogP contribution is -2.22. The Morgan fingerprint density at radius 3 is 2.62 bits per heavy atom. The van der Waals surface area contributed by atoms with E-state index >= 15 is 0 Å². The van der Waals surface area contributed by atoms with Crippen molar-refractivity contribution in [1.82, 2.24) is 14.6 Å². The predicted octanol–water partition coefficient (Wildman–Crippen LogP) is 2.24. The van der Waals surface area contributed by atoms with Gasteiger partial charge in [-0.3, -0.25) is 4.79 Å². The maximum atomic E-state index is 12.5. The summed E-state index contributed by atoms with van der Waals surface area (Å²) in [4.78, 5) is 14.8. The zero-order valence-corrected chi connectivity index (χ0v) is 10.1. The first kappa shape index (κ1) is 11.5. The zero-order valence-electron chi connectivity index (χ0n) is 7.67. The molecule has 0 amide bonds. The van der Waals surface area contributed by atoms with Gasteiger partial charge >= 0.3 is 6.18 Å². The van der Waals surface area contributed by atoms with Crippen LogP contribution in [-0.2, 0) is 6.18 Å². The maximum Gasteiger partial charge on any atom is 0.434 e. The summed E-state index contributed by atoms with van der Waals surface area (Å²) in [5.74, 6) is 0. The summed E-state index contributed by atoms with van der Waals surface area (Å²) in [7, 11) is 0. The van der Waals surface area contributed by atoms with E-state index < -0.39 is 21.9 Å². The number of rotatable bonds is 0. The molecule has 86 valence electrons. The van der Waals surface area contributed by atoms with Gasteiger partial charge in [0.2, 0.25) is 4.96 Å². The van der Waals surface area contributed by atoms with E-state index in [0.29, 0.717) is 5.01 Å². The highest BCUT2D eigenvalue weighted by Crippen LogP contribution is 2.32. The Morgan fingerprint density at radius 1 is 1.44 bits per heavy atom. The van der Waals surface area contributed by atoms with Crippen LogP contribution in [0.25, 0.3) is 4.96 Å². The van der Waals surface area contributed by atoms with Crippen LogP contribution in [0.2, 0.25) is 0 Å². The molecule has 2 aromatic heterocycles. The molecule has 0 spiro atoms. The van der Waals surface area contributed by atoms with Crippen molar-refractivity contribution in [3.05, 3.63) is 25.5 Å². The molecule has 0 unspecified atom stereocenters. The third kappa shape index (κ3) is 1.73. The van der Waals surface area contributed by atoms with E-state index in [4.69, 9.17) is 0 Å². The Morgan fingerprint density at radius 2 is 2.06 bits per heavy atom. The minimum absolute atomic E-state index is 0.0713. The number of aryl methyl sites for hydroxylation is 1. The molecule has 4 nitrogen and oxygen atoms in total. The fourth-order valence-corrected chi connectivity index (χ4v) is 2.32. The minimum atomic E-state index is -4.66. The fraction of sp³-hybridized carbons (Fsp3) is 0.286. The van der Waals surface area contributed by atoms with Crippen molar-refractivity contribution in [2.45, 2.75) is 13.1 Å². The molecule has 2 heterocycles. The molecule has 0 N–H and O–H groups in total. The second kappa shape index (κ2) is 3.52. The average molecular weight is 314 g/mol. The van der Waals surface area contributed by atoms with E-state index in [1.54, 1.807) is 6.92 Å². The Labute approximate surface area is 98.9 Å². The van der Waals surface area contributed by atoms with Crippen LogP contribution in [0.3, 0.4) is 0 Å². The molecule has 2 aromatic rings. The first-order valence-corrected chi connectivity index (χ1v) is 5.55. The molecular weight excluding hydrogens is 311 g/mol. The van der Waals surface area contributed by atoms with Gasteiger partial charge in [-0.1, -0.05) is 11.3 Å². The molecule has 0 saturated carbocycles. The van der Waals surface area contributed by atoms with Gasteiger partial charge in [0.15, 0.2) is 5.69 Å². The van der Waals surface area contributed by atoms with Crippen LogP contribution in [-0.4, -0.2) is 14.6 Å². The van der Waals surface area contributed by atoms with Gasteiger partial charge in [0.25, 0.3) is 5.56 Å². The summed E-state index contributed by atoms with van der Waals surface area (Å²) in [6.07, 6.45) is -4.66. The van der Waals surface area contributed by atoms with Crippen LogP contribution in [0.1, 0.15) is 10.7 Å². The van der Waals surface area contributed by atoms with E-state index in [2.05, 4.69) is 26.0 Å². The Hall–Kier alpha value is -0.960. The van der Waals surface area contributed by atoms with Crippen molar-refractivity contribution in [2.24, 2.45) is 0 Å². The van der Waals surface area contributed by atoms with Gasteiger partial charge < -0.3 is 0 Å². The van der Waals surface area contributed by atoms with Crippen LogP contribution in [0.4, 0.5) is 13.2 Å². The fourth-order valence-electron chi connectivity index (χ4n) is 1.11. The third-order valence-corrected chi connectivity index (χ3v) is 3.26. The van der Waals surface area contributed by atoms with E-state index in [9.17, 15) is 18.0 Å². The SMILES string of the molecule is Cc1nn2c(=O)c(Br)c(C(F)(F)F)nc2s1. The molecule has 0 aliphatic rings. The maximum absolute atomic E-state index is 12.5. The molecule has 0 aliphatic heterocycles. The molecule has 16 heavy (non-hydrogen) atoms. The lowest BCUT2D eigenvalue weighted by Gasteiger charge is -2.06. The van der Waals surface area contributed by atoms with Gasteiger partial charge in [-0.15, -0.1) is 0 Å². The van der Waals surface area contributed by atoms with Crippen molar-refractivity contribution >= 4 is 32.2 Å². The standard InChI is InChI=1S/C7H3BrF3N3OS/c1-2-13-14-5(15)3(8)4(7(9,10)11)12-6(14)16-2/h1H3. The topological polar surface area (TPSA) is 47.3 Å². The quantitative estimate of drug-likeness (QED) is 0.749. The van der Waals surface area contributed by atoms with Crippen LogP contribution < -0.4 is 5.56 Å². The highest BCUT2D eigenvalue weighted by atomic mass is 79.9. The van der Waals surface area contributed by atoms with Crippen LogP contribution in [0, 0.1) is 6.92 Å². The summed E-state index contributed by atoms with van der Waals surface area (Å²) in [6, 6.07) is 0. The summed E-state index contributed by atoms with van der Waals surface area (Å²) in [5.41, 5.74) is -2.08. The summed E-state index contributed by atoms with van der Waals surface area (Å²) < 4.78 is 37.7. The molecule has 0 bridgehead atoms. The number of hydrogen-bond acceptors (Lipinski definition) is 4. The second-order valence-electron chi connectivity index (χ2n) is 2.89. The molecule has 2 rings (SSSR count). The Balaban J connectivity index is 2.89. The van der Waals surface area contributed by atoms with Crippen LogP contribution in [0.5, 0.6) is 0 Å². The molecule has 9 heteroatoms. The molecule has 0 aromatic carbocycles. The van der Waals surface area contributed by atoms with E-state index in [1.165, 1.54) is 0 Å². The molecule has 0 aliphatic carbocycles. The highest BCUT2D eigenvalue weighted by Gasteiger charge is 2.37. The summed E-state index contributed by atoms with van der Waals surface area (Å²) in [5, 5.41) is 4.23. The molecule has 0 atom stereocenters. The summed E-state index contributed by atoms with van der Waals surface area (Å²) >= 11 is 3.52. The van der Waals surface area contributed by atoms with Gasteiger partial charge in [0.1, 0.15) is 9.48 Å². The van der Waals surface area contributed by atoms with Crippen molar-refractivity contribution in [3.8, 4) is 0 Å². The lowest BCUT2D eigenvalue weighted by molar-refractivity contribution is -0.141. The average Bonchev–Trinajstić information content (AvgIpc) is 2.51. The van der Waals surface area contributed by atoms with E-state index in [1.807, 2.05) is 0 Å². The van der Waals surface area contributed by atoms with Crippen LogP contribution >= 0.6 is 27.3 Å². The molecule has 0 fully saturated rings. The van der Waals surface area contributed by atoms with Gasteiger partial charge in [0, 0.05) is 0 Å². The molecule has 0 saturated heterocycles. The highest BCUT2D eigenvalue weighted by molar-refractivity contribution is 9.10.